The van der Waals surface area contributed by atoms with E-state index in [2.05, 4.69) is 17.1 Å². The van der Waals surface area contributed by atoms with Gasteiger partial charge in [-0.2, -0.15) is 0 Å². The molecule has 1 aromatic heterocycles. The molecule has 0 aliphatic heterocycles. The fourth-order valence-corrected chi connectivity index (χ4v) is 2.16. The lowest BCUT2D eigenvalue weighted by Crippen LogP contribution is -2.23. The SMILES string of the molecule is CC1CC1CN(C)c1ncc(C(N)=NO)cc1[N+](=O)[O-]. The molecule has 0 saturated heterocycles. The zero-order chi connectivity index (χ0) is 14.9. The van der Waals surface area contributed by atoms with Gasteiger partial charge < -0.3 is 15.8 Å². The topological polar surface area (TPSA) is 118 Å². The molecule has 1 aliphatic rings. The van der Waals surface area contributed by atoms with Crippen LogP contribution in [0, 0.1) is 22.0 Å². The summed E-state index contributed by atoms with van der Waals surface area (Å²) in [5.74, 6) is 1.31. The van der Waals surface area contributed by atoms with Gasteiger partial charge in [-0.25, -0.2) is 4.98 Å². The third-order valence-electron chi connectivity index (χ3n) is 3.59. The van der Waals surface area contributed by atoms with Crippen LogP contribution in [-0.2, 0) is 0 Å². The predicted molar refractivity (Wildman–Crippen MR) is 73.9 cm³/mol. The molecule has 1 heterocycles. The Balaban J connectivity index is 2.29. The average Bonchev–Trinajstić information content (AvgIpc) is 3.12. The van der Waals surface area contributed by atoms with Crippen LogP contribution in [0.25, 0.3) is 0 Å². The Morgan fingerprint density at radius 1 is 1.75 bits per heavy atom. The van der Waals surface area contributed by atoms with Gasteiger partial charge in [0.25, 0.3) is 0 Å². The molecule has 1 aliphatic carbocycles. The smallest absolute Gasteiger partial charge is 0.312 e. The van der Waals surface area contributed by atoms with Gasteiger partial charge in [-0.3, -0.25) is 10.1 Å². The lowest BCUT2D eigenvalue weighted by molar-refractivity contribution is -0.384. The second-order valence-electron chi connectivity index (χ2n) is 5.16. The highest BCUT2D eigenvalue weighted by Crippen LogP contribution is 2.39. The van der Waals surface area contributed by atoms with Crippen molar-refractivity contribution in [1.82, 2.24) is 4.98 Å². The van der Waals surface area contributed by atoms with E-state index in [9.17, 15) is 10.1 Å². The molecule has 0 spiro atoms. The van der Waals surface area contributed by atoms with Crippen LogP contribution in [0.2, 0.25) is 0 Å². The number of rotatable bonds is 5. The van der Waals surface area contributed by atoms with Gasteiger partial charge in [0, 0.05) is 31.4 Å². The van der Waals surface area contributed by atoms with E-state index in [1.54, 1.807) is 11.9 Å². The Bertz CT molecular complexity index is 560. The van der Waals surface area contributed by atoms with E-state index >= 15 is 0 Å². The van der Waals surface area contributed by atoms with Gasteiger partial charge in [-0.05, 0) is 18.3 Å². The number of nitrogens with zero attached hydrogens (tertiary/aromatic N) is 4. The Morgan fingerprint density at radius 2 is 2.40 bits per heavy atom. The number of hydrogen-bond acceptors (Lipinski definition) is 6. The van der Waals surface area contributed by atoms with Crippen LogP contribution in [0.3, 0.4) is 0 Å². The predicted octanol–water partition coefficient (Wildman–Crippen LogP) is 1.18. The van der Waals surface area contributed by atoms with Crippen molar-refractivity contribution in [2.75, 3.05) is 18.5 Å². The molecule has 1 aromatic rings. The van der Waals surface area contributed by atoms with Crippen molar-refractivity contribution in [2.45, 2.75) is 13.3 Å². The summed E-state index contributed by atoms with van der Waals surface area (Å²) in [6.45, 7) is 2.89. The minimum atomic E-state index is -0.511. The van der Waals surface area contributed by atoms with Crippen molar-refractivity contribution in [2.24, 2.45) is 22.7 Å². The molecular formula is C12H17N5O3. The molecule has 1 saturated carbocycles. The third-order valence-corrected chi connectivity index (χ3v) is 3.59. The Labute approximate surface area is 116 Å². The van der Waals surface area contributed by atoms with Gasteiger partial charge in [0.2, 0.25) is 5.82 Å². The fraction of sp³-hybridized carbons (Fsp3) is 0.500. The molecule has 2 rings (SSSR count). The van der Waals surface area contributed by atoms with Crippen LogP contribution in [0.1, 0.15) is 18.9 Å². The zero-order valence-electron chi connectivity index (χ0n) is 11.4. The summed E-state index contributed by atoms with van der Waals surface area (Å²) in [5, 5.41) is 22.6. The molecule has 0 aromatic carbocycles. The first-order valence-corrected chi connectivity index (χ1v) is 6.27. The highest BCUT2D eigenvalue weighted by Gasteiger charge is 2.34. The molecule has 0 bridgehead atoms. The summed E-state index contributed by atoms with van der Waals surface area (Å²) in [5.41, 5.74) is 5.49. The molecule has 0 amide bonds. The van der Waals surface area contributed by atoms with Gasteiger partial charge in [0.15, 0.2) is 5.84 Å². The summed E-state index contributed by atoms with van der Waals surface area (Å²) < 4.78 is 0. The molecular weight excluding hydrogens is 262 g/mol. The van der Waals surface area contributed by atoms with Crippen molar-refractivity contribution in [3.8, 4) is 0 Å². The highest BCUT2D eigenvalue weighted by molar-refractivity contribution is 5.97. The number of amidine groups is 1. The van der Waals surface area contributed by atoms with E-state index in [0.29, 0.717) is 17.7 Å². The maximum absolute atomic E-state index is 11.2. The van der Waals surface area contributed by atoms with Crippen LogP contribution in [-0.4, -0.2) is 34.5 Å². The van der Waals surface area contributed by atoms with Gasteiger partial charge in [-0.1, -0.05) is 12.1 Å². The van der Waals surface area contributed by atoms with Crippen LogP contribution in [0.15, 0.2) is 17.4 Å². The highest BCUT2D eigenvalue weighted by atomic mass is 16.6. The van der Waals surface area contributed by atoms with Gasteiger partial charge >= 0.3 is 5.69 Å². The van der Waals surface area contributed by atoms with E-state index in [1.165, 1.54) is 12.3 Å². The first-order chi connectivity index (χ1) is 9.43. The van der Waals surface area contributed by atoms with Crippen LogP contribution in [0.5, 0.6) is 0 Å². The number of oxime groups is 1. The summed E-state index contributed by atoms with van der Waals surface area (Å²) in [6.07, 6.45) is 2.50. The number of aromatic nitrogens is 1. The first-order valence-electron chi connectivity index (χ1n) is 6.27. The van der Waals surface area contributed by atoms with Crippen molar-refractivity contribution in [3.63, 3.8) is 0 Å². The molecule has 8 nitrogen and oxygen atoms in total. The van der Waals surface area contributed by atoms with E-state index < -0.39 is 4.92 Å². The maximum Gasteiger partial charge on any atom is 0.312 e. The van der Waals surface area contributed by atoms with Crippen molar-refractivity contribution >= 4 is 17.3 Å². The van der Waals surface area contributed by atoms with E-state index in [0.717, 1.165) is 13.0 Å². The van der Waals surface area contributed by atoms with Gasteiger partial charge in [0.1, 0.15) is 0 Å². The van der Waals surface area contributed by atoms with Crippen molar-refractivity contribution < 1.29 is 10.1 Å². The standard InChI is InChI=1S/C12H17N5O3/c1-7-3-9(7)6-16(2)12-10(17(19)20)4-8(5-14-12)11(13)15-18/h4-5,7,9,18H,3,6H2,1-2H3,(H2,13,15). The molecule has 2 unspecified atom stereocenters. The van der Waals surface area contributed by atoms with E-state index in [1.807, 2.05) is 0 Å². The molecule has 20 heavy (non-hydrogen) atoms. The summed E-state index contributed by atoms with van der Waals surface area (Å²) >= 11 is 0. The van der Waals surface area contributed by atoms with Gasteiger partial charge in [-0.15, -0.1) is 0 Å². The molecule has 0 radical (unpaired) electrons. The molecule has 1 fully saturated rings. The summed E-state index contributed by atoms with van der Waals surface area (Å²) in [6, 6.07) is 1.27. The number of pyridine rings is 1. The Morgan fingerprint density at radius 3 is 2.90 bits per heavy atom. The normalized spacial score (nSPS) is 21.6. The monoisotopic (exact) mass is 279 g/mol. The second kappa shape index (κ2) is 5.32. The van der Waals surface area contributed by atoms with Crippen molar-refractivity contribution in [3.05, 3.63) is 27.9 Å². The van der Waals surface area contributed by atoms with Crippen LogP contribution in [0.4, 0.5) is 11.5 Å². The number of nitro groups is 1. The number of anilines is 1. The molecule has 3 N–H and O–H groups in total. The number of hydrogen-bond donors (Lipinski definition) is 2. The van der Waals surface area contributed by atoms with Crippen molar-refractivity contribution in [1.29, 1.82) is 0 Å². The molecule has 108 valence electrons. The van der Waals surface area contributed by atoms with E-state index in [-0.39, 0.29) is 17.1 Å². The largest absolute Gasteiger partial charge is 0.409 e. The van der Waals surface area contributed by atoms with E-state index in [4.69, 9.17) is 10.9 Å². The summed E-state index contributed by atoms with van der Waals surface area (Å²) in [7, 11) is 1.78. The second-order valence-corrected chi connectivity index (χ2v) is 5.16. The zero-order valence-corrected chi connectivity index (χ0v) is 11.4. The third kappa shape index (κ3) is 2.79. The molecule has 2 atom stereocenters. The average molecular weight is 279 g/mol. The van der Waals surface area contributed by atoms with Crippen LogP contribution < -0.4 is 10.6 Å². The lowest BCUT2D eigenvalue weighted by Gasteiger charge is -2.18. The first kappa shape index (κ1) is 14.0. The van der Waals surface area contributed by atoms with Gasteiger partial charge in [0.05, 0.1) is 4.92 Å². The molecule has 8 heteroatoms. The minimum Gasteiger partial charge on any atom is -0.409 e. The maximum atomic E-state index is 11.2. The van der Waals surface area contributed by atoms with Crippen LogP contribution >= 0.6 is 0 Å². The Hall–Kier alpha value is -2.38. The quantitative estimate of drug-likeness (QED) is 0.275. The number of nitrogens with two attached hydrogens (primary N) is 1. The lowest BCUT2D eigenvalue weighted by atomic mass is 10.2. The summed E-state index contributed by atoms with van der Waals surface area (Å²) in [4.78, 5) is 16.5. The fourth-order valence-electron chi connectivity index (χ4n) is 2.16. The Kier molecular flexibility index (Phi) is 3.73. The minimum absolute atomic E-state index is 0.148.